The van der Waals surface area contributed by atoms with Gasteiger partial charge < -0.3 is 15.2 Å². The van der Waals surface area contributed by atoms with Crippen LogP contribution in [-0.2, 0) is 4.74 Å². The topological polar surface area (TPSA) is 41.5 Å². The molecule has 0 radical (unpaired) electrons. The molecule has 90 valence electrons. The maximum atomic E-state index is 10.2. The summed E-state index contributed by atoms with van der Waals surface area (Å²) in [5, 5.41) is 13.5. The van der Waals surface area contributed by atoms with Crippen LogP contribution in [0.25, 0.3) is 0 Å². The minimum Gasteiger partial charge on any atom is -0.390 e. The predicted octanol–water partition coefficient (Wildman–Crippen LogP) is 1.70. The number of hydrogen-bond acceptors (Lipinski definition) is 3. The molecule has 3 heteroatoms. The van der Waals surface area contributed by atoms with E-state index in [1.54, 1.807) is 0 Å². The molecule has 0 aromatic rings. The van der Waals surface area contributed by atoms with Gasteiger partial charge in [0.1, 0.15) is 0 Å². The highest BCUT2D eigenvalue weighted by Gasteiger charge is 2.27. The average molecular weight is 215 g/mol. The van der Waals surface area contributed by atoms with Gasteiger partial charge in [0.25, 0.3) is 0 Å². The first-order valence-corrected chi connectivity index (χ1v) is 6.19. The molecule has 0 saturated carbocycles. The fraction of sp³-hybridized carbons (Fsp3) is 1.00. The van der Waals surface area contributed by atoms with Gasteiger partial charge >= 0.3 is 0 Å². The van der Waals surface area contributed by atoms with E-state index in [1.807, 2.05) is 6.92 Å². The third-order valence-electron chi connectivity index (χ3n) is 2.96. The van der Waals surface area contributed by atoms with Crippen LogP contribution in [0.1, 0.15) is 46.0 Å². The molecule has 1 aliphatic rings. The van der Waals surface area contributed by atoms with E-state index in [4.69, 9.17) is 4.74 Å². The van der Waals surface area contributed by atoms with E-state index >= 15 is 0 Å². The van der Waals surface area contributed by atoms with Crippen LogP contribution in [-0.4, -0.2) is 36.5 Å². The summed E-state index contributed by atoms with van der Waals surface area (Å²) in [5.74, 6) is 0. The Bertz CT molecular complexity index is 165. The van der Waals surface area contributed by atoms with E-state index in [1.165, 1.54) is 0 Å². The van der Waals surface area contributed by atoms with E-state index in [0.29, 0.717) is 0 Å². The highest BCUT2D eigenvalue weighted by atomic mass is 16.5. The molecule has 0 amide bonds. The fourth-order valence-electron chi connectivity index (χ4n) is 2.06. The number of rotatable bonds is 7. The number of hydrogen-bond donors (Lipinski definition) is 2. The monoisotopic (exact) mass is 215 g/mol. The van der Waals surface area contributed by atoms with Crippen LogP contribution in [0.4, 0.5) is 0 Å². The summed E-state index contributed by atoms with van der Waals surface area (Å²) in [5.41, 5.74) is -0.574. The first-order chi connectivity index (χ1) is 7.14. The highest BCUT2D eigenvalue weighted by Crippen LogP contribution is 2.24. The zero-order valence-corrected chi connectivity index (χ0v) is 10.1. The molecule has 0 aliphatic carbocycles. The van der Waals surface area contributed by atoms with Crippen LogP contribution >= 0.6 is 0 Å². The summed E-state index contributed by atoms with van der Waals surface area (Å²) in [7, 11) is 0. The molecule has 1 saturated heterocycles. The summed E-state index contributed by atoms with van der Waals surface area (Å²) < 4.78 is 5.54. The second-order valence-corrected chi connectivity index (χ2v) is 4.84. The molecule has 0 spiro atoms. The molecular weight excluding hydrogens is 190 g/mol. The van der Waals surface area contributed by atoms with Crippen LogP contribution < -0.4 is 5.32 Å². The van der Waals surface area contributed by atoms with Gasteiger partial charge in [-0.3, -0.25) is 0 Å². The van der Waals surface area contributed by atoms with Crippen molar-refractivity contribution in [2.75, 3.05) is 19.7 Å². The Balaban J connectivity index is 2.12. The normalized spacial score (nSPS) is 25.4. The van der Waals surface area contributed by atoms with Crippen LogP contribution in [0, 0.1) is 0 Å². The first-order valence-electron chi connectivity index (χ1n) is 6.19. The van der Waals surface area contributed by atoms with Gasteiger partial charge in [-0.2, -0.15) is 0 Å². The van der Waals surface area contributed by atoms with Gasteiger partial charge in [0, 0.05) is 13.0 Å². The largest absolute Gasteiger partial charge is 0.390 e. The Labute approximate surface area is 93.2 Å². The minimum atomic E-state index is -0.574. The lowest BCUT2D eigenvalue weighted by Gasteiger charge is -2.26. The second kappa shape index (κ2) is 6.46. The summed E-state index contributed by atoms with van der Waals surface area (Å²) in [6.07, 6.45) is 5.28. The Hall–Kier alpha value is -0.120. The SMILES string of the molecule is CCCNCCC(C)(O)CC1CCCO1. The highest BCUT2D eigenvalue weighted by molar-refractivity contribution is 4.80. The van der Waals surface area contributed by atoms with Gasteiger partial charge in [0.15, 0.2) is 0 Å². The Morgan fingerprint density at radius 2 is 2.27 bits per heavy atom. The van der Waals surface area contributed by atoms with Crippen molar-refractivity contribution in [3.63, 3.8) is 0 Å². The zero-order chi connectivity index (χ0) is 11.1. The molecule has 1 rings (SSSR count). The molecular formula is C12H25NO2. The molecule has 1 fully saturated rings. The van der Waals surface area contributed by atoms with E-state index in [0.717, 1.165) is 51.8 Å². The molecule has 1 aliphatic heterocycles. The van der Waals surface area contributed by atoms with Gasteiger partial charge in [0.2, 0.25) is 0 Å². The van der Waals surface area contributed by atoms with Gasteiger partial charge in [-0.25, -0.2) is 0 Å². The Kier molecular flexibility index (Phi) is 5.58. The van der Waals surface area contributed by atoms with Crippen molar-refractivity contribution < 1.29 is 9.84 Å². The number of ether oxygens (including phenoxy) is 1. The molecule has 0 bridgehead atoms. The molecule has 3 nitrogen and oxygen atoms in total. The Morgan fingerprint density at radius 3 is 2.87 bits per heavy atom. The van der Waals surface area contributed by atoms with Gasteiger partial charge in [-0.15, -0.1) is 0 Å². The van der Waals surface area contributed by atoms with Crippen molar-refractivity contribution >= 4 is 0 Å². The van der Waals surface area contributed by atoms with E-state index < -0.39 is 5.60 Å². The molecule has 2 atom stereocenters. The van der Waals surface area contributed by atoms with Crippen molar-refractivity contribution in [3.05, 3.63) is 0 Å². The molecule has 2 unspecified atom stereocenters. The van der Waals surface area contributed by atoms with E-state index in [-0.39, 0.29) is 6.10 Å². The van der Waals surface area contributed by atoms with Crippen LogP contribution in [0.5, 0.6) is 0 Å². The lowest BCUT2D eigenvalue weighted by atomic mass is 9.93. The number of nitrogens with one attached hydrogen (secondary N) is 1. The van der Waals surface area contributed by atoms with Crippen molar-refractivity contribution in [2.45, 2.75) is 57.7 Å². The predicted molar refractivity (Wildman–Crippen MR) is 62.0 cm³/mol. The average Bonchev–Trinajstić information content (AvgIpc) is 2.64. The van der Waals surface area contributed by atoms with Gasteiger partial charge in [-0.05, 0) is 45.7 Å². The van der Waals surface area contributed by atoms with Crippen LogP contribution in [0.15, 0.2) is 0 Å². The standard InChI is InChI=1S/C12H25NO2/c1-3-7-13-8-6-12(2,14)10-11-5-4-9-15-11/h11,13-14H,3-10H2,1-2H3. The third kappa shape index (κ3) is 5.50. The molecule has 0 aromatic carbocycles. The fourth-order valence-corrected chi connectivity index (χ4v) is 2.06. The molecule has 2 N–H and O–H groups in total. The summed E-state index contributed by atoms with van der Waals surface area (Å²) in [4.78, 5) is 0. The molecule has 1 heterocycles. The first kappa shape index (κ1) is 12.9. The molecule has 15 heavy (non-hydrogen) atoms. The van der Waals surface area contributed by atoms with E-state index in [2.05, 4.69) is 12.2 Å². The lowest BCUT2D eigenvalue weighted by Crippen LogP contribution is -2.33. The van der Waals surface area contributed by atoms with Crippen molar-refractivity contribution in [2.24, 2.45) is 0 Å². The van der Waals surface area contributed by atoms with Crippen molar-refractivity contribution in [1.29, 1.82) is 0 Å². The van der Waals surface area contributed by atoms with Crippen molar-refractivity contribution in [1.82, 2.24) is 5.32 Å². The molecule has 0 aromatic heterocycles. The lowest BCUT2D eigenvalue weighted by molar-refractivity contribution is -0.0117. The smallest absolute Gasteiger partial charge is 0.0656 e. The van der Waals surface area contributed by atoms with E-state index in [9.17, 15) is 5.11 Å². The summed E-state index contributed by atoms with van der Waals surface area (Å²) in [6.45, 7) is 6.87. The minimum absolute atomic E-state index is 0.283. The number of aliphatic hydroxyl groups is 1. The van der Waals surface area contributed by atoms with Crippen LogP contribution in [0.2, 0.25) is 0 Å². The van der Waals surface area contributed by atoms with Gasteiger partial charge in [0.05, 0.1) is 11.7 Å². The van der Waals surface area contributed by atoms with Crippen molar-refractivity contribution in [3.8, 4) is 0 Å². The summed E-state index contributed by atoms with van der Waals surface area (Å²) in [6, 6.07) is 0. The quantitative estimate of drug-likeness (QED) is 0.635. The summed E-state index contributed by atoms with van der Waals surface area (Å²) >= 11 is 0. The second-order valence-electron chi connectivity index (χ2n) is 4.84. The van der Waals surface area contributed by atoms with Gasteiger partial charge in [-0.1, -0.05) is 6.92 Å². The maximum absolute atomic E-state index is 10.2. The van der Waals surface area contributed by atoms with Crippen LogP contribution in [0.3, 0.4) is 0 Å². The Morgan fingerprint density at radius 1 is 1.47 bits per heavy atom. The maximum Gasteiger partial charge on any atom is 0.0656 e. The third-order valence-corrected chi connectivity index (χ3v) is 2.96. The zero-order valence-electron chi connectivity index (χ0n) is 10.1.